The number of nitrogens with one attached hydrogen (secondary N) is 1. The molecule has 17 heavy (non-hydrogen) atoms. The predicted octanol–water partition coefficient (Wildman–Crippen LogP) is 1.99. The summed E-state index contributed by atoms with van der Waals surface area (Å²) < 4.78 is 14.9. The first-order chi connectivity index (χ1) is 8.22. The van der Waals surface area contributed by atoms with Crippen LogP contribution in [0.2, 0.25) is 0 Å². The highest BCUT2D eigenvalue weighted by Gasteiger charge is 2.10. The Labute approximate surface area is 100 Å². The highest BCUT2D eigenvalue weighted by atomic mass is 19.1. The van der Waals surface area contributed by atoms with Gasteiger partial charge in [0.1, 0.15) is 5.82 Å². The fraction of sp³-hybridized carbons (Fsp3) is 0.308. The van der Waals surface area contributed by atoms with Crippen molar-refractivity contribution in [3.63, 3.8) is 0 Å². The number of aryl methyl sites for hydroxylation is 1. The average Bonchev–Trinajstić information content (AvgIpc) is 2.69. The topological polar surface area (TPSA) is 29.9 Å². The average molecular weight is 233 g/mol. The highest BCUT2D eigenvalue weighted by molar-refractivity contribution is 5.62. The summed E-state index contributed by atoms with van der Waals surface area (Å²) >= 11 is 0. The normalized spacial score (nSPS) is 10.8. The zero-order valence-electron chi connectivity index (χ0n) is 10.1. The second-order valence-corrected chi connectivity index (χ2v) is 4.01. The van der Waals surface area contributed by atoms with Crippen molar-refractivity contribution in [3.8, 4) is 11.3 Å². The van der Waals surface area contributed by atoms with Crippen LogP contribution < -0.4 is 5.32 Å². The van der Waals surface area contributed by atoms with E-state index in [0.29, 0.717) is 0 Å². The number of halogens is 1. The van der Waals surface area contributed by atoms with E-state index in [1.807, 2.05) is 18.7 Å². The van der Waals surface area contributed by atoms with Gasteiger partial charge in [0.25, 0.3) is 0 Å². The molecule has 1 heterocycles. The quantitative estimate of drug-likeness (QED) is 0.875. The van der Waals surface area contributed by atoms with Crippen molar-refractivity contribution in [2.24, 2.45) is 7.05 Å². The van der Waals surface area contributed by atoms with Crippen LogP contribution in [0.1, 0.15) is 5.69 Å². The van der Waals surface area contributed by atoms with Crippen LogP contribution in [-0.4, -0.2) is 23.1 Å². The molecule has 0 atom stereocenters. The van der Waals surface area contributed by atoms with E-state index >= 15 is 0 Å². The maximum atomic E-state index is 12.9. The Bertz CT molecular complexity index is 488. The van der Waals surface area contributed by atoms with Gasteiger partial charge in [-0.25, -0.2) is 9.37 Å². The Kier molecular flexibility index (Phi) is 3.54. The van der Waals surface area contributed by atoms with Crippen LogP contribution in [0.4, 0.5) is 4.39 Å². The number of nitrogens with zero attached hydrogens (tertiary/aromatic N) is 2. The monoisotopic (exact) mass is 233 g/mol. The number of rotatable bonds is 4. The van der Waals surface area contributed by atoms with Crippen LogP contribution in [0.25, 0.3) is 11.3 Å². The van der Waals surface area contributed by atoms with Crippen molar-refractivity contribution in [1.82, 2.24) is 14.9 Å². The Morgan fingerprint density at radius 1 is 1.29 bits per heavy atom. The van der Waals surface area contributed by atoms with Gasteiger partial charge >= 0.3 is 0 Å². The fourth-order valence-corrected chi connectivity index (χ4v) is 1.88. The molecule has 0 saturated carbocycles. The lowest BCUT2D eigenvalue weighted by Crippen LogP contribution is -2.11. The molecule has 1 N–H and O–H groups in total. The van der Waals surface area contributed by atoms with Crippen molar-refractivity contribution in [1.29, 1.82) is 0 Å². The van der Waals surface area contributed by atoms with Gasteiger partial charge in [0.15, 0.2) is 0 Å². The van der Waals surface area contributed by atoms with Crippen molar-refractivity contribution >= 4 is 0 Å². The molecule has 0 fully saturated rings. The summed E-state index contributed by atoms with van der Waals surface area (Å²) in [6, 6.07) is 6.53. The molecule has 0 spiro atoms. The first kappa shape index (κ1) is 11.8. The molecule has 0 unspecified atom stereocenters. The van der Waals surface area contributed by atoms with Crippen molar-refractivity contribution < 1.29 is 4.39 Å². The molecule has 2 aromatic rings. The third-order valence-electron chi connectivity index (χ3n) is 2.74. The summed E-state index contributed by atoms with van der Waals surface area (Å²) in [7, 11) is 3.87. The fourth-order valence-electron chi connectivity index (χ4n) is 1.88. The molecule has 2 rings (SSSR count). The van der Waals surface area contributed by atoms with Gasteiger partial charge in [-0.05, 0) is 31.3 Å². The molecule has 90 valence electrons. The Balaban J connectivity index is 2.36. The second-order valence-electron chi connectivity index (χ2n) is 4.01. The molecule has 0 bridgehead atoms. The molecule has 0 radical (unpaired) electrons. The van der Waals surface area contributed by atoms with E-state index in [1.54, 1.807) is 18.5 Å². The summed E-state index contributed by atoms with van der Waals surface area (Å²) in [4.78, 5) is 4.38. The molecule has 0 amide bonds. The molecule has 4 heteroatoms. The summed E-state index contributed by atoms with van der Waals surface area (Å²) in [5, 5.41) is 3.10. The Hall–Kier alpha value is -1.68. The molecule has 0 aliphatic heterocycles. The number of benzene rings is 1. The number of likely N-dealkylation sites (N-methyl/N-ethyl adjacent to an activating group) is 1. The molecule has 1 aromatic carbocycles. The van der Waals surface area contributed by atoms with Crippen LogP contribution in [0.5, 0.6) is 0 Å². The van der Waals surface area contributed by atoms with Gasteiger partial charge in [-0.1, -0.05) is 0 Å². The number of imidazole rings is 1. The predicted molar refractivity (Wildman–Crippen MR) is 66.2 cm³/mol. The van der Waals surface area contributed by atoms with E-state index in [0.717, 1.165) is 29.9 Å². The summed E-state index contributed by atoms with van der Waals surface area (Å²) in [5.41, 5.74) is 3.09. The van der Waals surface area contributed by atoms with E-state index < -0.39 is 0 Å². The van der Waals surface area contributed by atoms with Gasteiger partial charge in [-0.3, -0.25) is 0 Å². The first-order valence-corrected chi connectivity index (χ1v) is 5.63. The van der Waals surface area contributed by atoms with E-state index in [9.17, 15) is 4.39 Å². The highest BCUT2D eigenvalue weighted by Crippen LogP contribution is 2.23. The van der Waals surface area contributed by atoms with Gasteiger partial charge in [0.05, 0.1) is 17.7 Å². The van der Waals surface area contributed by atoms with Crippen molar-refractivity contribution in [2.45, 2.75) is 6.42 Å². The minimum Gasteiger partial charge on any atom is -0.334 e. The van der Waals surface area contributed by atoms with Gasteiger partial charge in [-0.15, -0.1) is 0 Å². The molecular weight excluding hydrogens is 217 g/mol. The van der Waals surface area contributed by atoms with E-state index in [1.165, 1.54) is 12.1 Å². The molecule has 3 nitrogen and oxygen atoms in total. The molecule has 1 aromatic heterocycles. The maximum absolute atomic E-state index is 12.9. The standard InChI is InChI=1S/C13H16FN3/c1-15-8-7-12-13(17(2)9-16-12)10-3-5-11(14)6-4-10/h3-6,9,15H,7-8H2,1-2H3. The van der Waals surface area contributed by atoms with Gasteiger partial charge in [0, 0.05) is 25.6 Å². The zero-order valence-corrected chi connectivity index (χ0v) is 10.1. The summed E-state index contributed by atoms with van der Waals surface area (Å²) in [5.74, 6) is -0.215. The Morgan fingerprint density at radius 2 is 2.00 bits per heavy atom. The smallest absolute Gasteiger partial charge is 0.123 e. The van der Waals surface area contributed by atoms with E-state index in [4.69, 9.17) is 0 Å². The van der Waals surface area contributed by atoms with Gasteiger partial charge in [-0.2, -0.15) is 0 Å². The molecule has 0 aliphatic rings. The lowest BCUT2D eigenvalue weighted by atomic mass is 10.1. The molecule has 0 saturated heterocycles. The maximum Gasteiger partial charge on any atom is 0.123 e. The van der Waals surface area contributed by atoms with Crippen molar-refractivity contribution in [3.05, 3.63) is 42.1 Å². The van der Waals surface area contributed by atoms with Crippen LogP contribution in [-0.2, 0) is 13.5 Å². The number of hydrogen-bond donors (Lipinski definition) is 1. The number of hydrogen-bond acceptors (Lipinski definition) is 2. The SMILES string of the molecule is CNCCc1ncn(C)c1-c1ccc(F)cc1. The van der Waals surface area contributed by atoms with Crippen LogP contribution >= 0.6 is 0 Å². The summed E-state index contributed by atoms with van der Waals surface area (Å²) in [6.07, 6.45) is 2.66. The van der Waals surface area contributed by atoms with Crippen LogP contribution in [0, 0.1) is 5.82 Å². The van der Waals surface area contributed by atoms with Crippen LogP contribution in [0.3, 0.4) is 0 Å². The number of aromatic nitrogens is 2. The lowest BCUT2D eigenvalue weighted by Gasteiger charge is -2.06. The zero-order chi connectivity index (χ0) is 12.3. The van der Waals surface area contributed by atoms with Gasteiger partial charge in [0.2, 0.25) is 0 Å². The minimum atomic E-state index is -0.215. The van der Waals surface area contributed by atoms with E-state index in [2.05, 4.69) is 10.3 Å². The van der Waals surface area contributed by atoms with Gasteiger partial charge < -0.3 is 9.88 Å². The van der Waals surface area contributed by atoms with Crippen molar-refractivity contribution in [2.75, 3.05) is 13.6 Å². The molecular formula is C13H16FN3. The second kappa shape index (κ2) is 5.10. The summed E-state index contributed by atoms with van der Waals surface area (Å²) in [6.45, 7) is 0.880. The van der Waals surface area contributed by atoms with E-state index in [-0.39, 0.29) is 5.82 Å². The lowest BCUT2D eigenvalue weighted by molar-refractivity contribution is 0.628. The van der Waals surface area contributed by atoms with Crippen LogP contribution in [0.15, 0.2) is 30.6 Å². The third-order valence-corrected chi connectivity index (χ3v) is 2.74. The molecule has 0 aliphatic carbocycles. The third kappa shape index (κ3) is 2.53. The largest absolute Gasteiger partial charge is 0.334 e. The first-order valence-electron chi connectivity index (χ1n) is 5.63. The Morgan fingerprint density at radius 3 is 2.65 bits per heavy atom. The minimum absolute atomic E-state index is 0.215.